The first kappa shape index (κ1) is 13.5. The van der Waals surface area contributed by atoms with Crippen molar-refractivity contribution < 1.29 is 0 Å². The summed E-state index contributed by atoms with van der Waals surface area (Å²) in [5, 5.41) is 0. The summed E-state index contributed by atoms with van der Waals surface area (Å²) >= 11 is 0. The fraction of sp³-hybridized carbons (Fsp3) is 0.667. The van der Waals surface area contributed by atoms with Crippen molar-refractivity contribution in [3.05, 3.63) is 30.1 Å². The summed E-state index contributed by atoms with van der Waals surface area (Å²) < 4.78 is 0. The van der Waals surface area contributed by atoms with Crippen molar-refractivity contribution in [2.75, 3.05) is 13.6 Å². The molecule has 0 radical (unpaired) electrons. The van der Waals surface area contributed by atoms with Gasteiger partial charge in [0.15, 0.2) is 0 Å². The predicted molar refractivity (Wildman–Crippen MR) is 75.2 cm³/mol. The van der Waals surface area contributed by atoms with E-state index in [0.717, 1.165) is 5.92 Å². The highest BCUT2D eigenvalue weighted by Gasteiger charge is 2.27. The topological polar surface area (TPSA) is 42.1 Å². The molecule has 1 aliphatic rings. The Morgan fingerprint density at radius 1 is 1.50 bits per heavy atom. The lowest BCUT2D eigenvalue weighted by Crippen LogP contribution is -2.41. The lowest BCUT2D eigenvalue weighted by molar-refractivity contribution is 0.121. The number of aromatic nitrogens is 1. The molecular formula is C15H25N3. The molecule has 3 atom stereocenters. The zero-order chi connectivity index (χ0) is 13.0. The summed E-state index contributed by atoms with van der Waals surface area (Å²) in [6.45, 7) is 3.02. The number of rotatable bonds is 4. The number of likely N-dealkylation sites (N-methyl/N-ethyl adjacent to an activating group) is 1. The van der Waals surface area contributed by atoms with Crippen LogP contribution in [-0.4, -0.2) is 29.5 Å². The molecule has 3 heteroatoms. The maximum absolute atomic E-state index is 5.98. The molecule has 1 fully saturated rings. The summed E-state index contributed by atoms with van der Waals surface area (Å²) in [6.07, 6.45) is 9.09. The number of hydrogen-bond acceptors (Lipinski definition) is 3. The third-order valence-corrected chi connectivity index (χ3v) is 4.27. The van der Waals surface area contributed by atoms with E-state index in [9.17, 15) is 0 Å². The van der Waals surface area contributed by atoms with Crippen molar-refractivity contribution in [3.63, 3.8) is 0 Å². The van der Waals surface area contributed by atoms with Gasteiger partial charge in [-0.25, -0.2) is 0 Å². The van der Waals surface area contributed by atoms with Crippen molar-refractivity contribution in [1.29, 1.82) is 0 Å². The normalized spacial score (nSPS) is 26.2. The van der Waals surface area contributed by atoms with Gasteiger partial charge in [-0.15, -0.1) is 0 Å². The molecule has 0 saturated heterocycles. The zero-order valence-corrected chi connectivity index (χ0v) is 11.5. The second kappa shape index (κ2) is 6.30. The van der Waals surface area contributed by atoms with Gasteiger partial charge in [0.05, 0.1) is 0 Å². The summed E-state index contributed by atoms with van der Waals surface area (Å²) in [5.74, 6) is 0.846. The molecule has 1 heterocycles. The lowest BCUT2D eigenvalue weighted by atomic mass is 9.85. The highest BCUT2D eigenvalue weighted by molar-refractivity contribution is 5.14. The van der Waals surface area contributed by atoms with E-state index in [-0.39, 0.29) is 0 Å². The molecule has 1 aromatic rings. The van der Waals surface area contributed by atoms with Gasteiger partial charge in [0.25, 0.3) is 0 Å². The maximum atomic E-state index is 5.98. The first-order chi connectivity index (χ1) is 8.72. The Kier molecular flexibility index (Phi) is 4.72. The highest BCUT2D eigenvalue weighted by atomic mass is 15.2. The summed E-state index contributed by atoms with van der Waals surface area (Å²) in [5.41, 5.74) is 7.21. The van der Waals surface area contributed by atoms with E-state index in [1.165, 1.54) is 31.2 Å². The second-order valence-corrected chi connectivity index (χ2v) is 5.63. The van der Waals surface area contributed by atoms with E-state index >= 15 is 0 Å². The maximum Gasteiger partial charge on any atom is 0.0485 e. The van der Waals surface area contributed by atoms with E-state index in [0.29, 0.717) is 18.6 Å². The Balaban J connectivity index is 2.07. The minimum atomic E-state index is 0.300. The third-order valence-electron chi connectivity index (χ3n) is 4.27. The summed E-state index contributed by atoms with van der Waals surface area (Å²) in [7, 11) is 2.22. The van der Waals surface area contributed by atoms with E-state index in [2.05, 4.69) is 29.9 Å². The Morgan fingerprint density at radius 2 is 2.33 bits per heavy atom. The summed E-state index contributed by atoms with van der Waals surface area (Å²) in [6, 6.07) is 5.10. The number of hydrogen-bond donors (Lipinski definition) is 1. The second-order valence-electron chi connectivity index (χ2n) is 5.63. The number of nitrogens with zero attached hydrogens (tertiary/aromatic N) is 2. The van der Waals surface area contributed by atoms with Crippen LogP contribution >= 0.6 is 0 Å². The minimum absolute atomic E-state index is 0.300. The molecule has 2 rings (SSSR count). The molecule has 1 aliphatic carbocycles. The summed E-state index contributed by atoms with van der Waals surface area (Å²) in [4.78, 5) is 6.68. The first-order valence-corrected chi connectivity index (χ1v) is 7.04. The largest absolute Gasteiger partial charge is 0.329 e. The van der Waals surface area contributed by atoms with Crippen LogP contribution in [0.3, 0.4) is 0 Å². The molecule has 100 valence electrons. The average Bonchev–Trinajstić information content (AvgIpc) is 2.41. The van der Waals surface area contributed by atoms with E-state index < -0.39 is 0 Å². The molecule has 3 nitrogen and oxygen atoms in total. The average molecular weight is 247 g/mol. The standard InChI is InChI=1S/C15H25N3/c1-12-5-3-7-14(9-12)18(2)15(10-16)13-6-4-8-17-11-13/h4,6,8,11-12,14-15H,3,5,7,9-10,16H2,1-2H3. The Morgan fingerprint density at radius 3 is 2.94 bits per heavy atom. The van der Waals surface area contributed by atoms with Crippen molar-refractivity contribution in [2.45, 2.75) is 44.7 Å². The van der Waals surface area contributed by atoms with Gasteiger partial charge < -0.3 is 5.73 Å². The number of pyridine rings is 1. The fourth-order valence-electron chi connectivity index (χ4n) is 3.14. The monoisotopic (exact) mass is 247 g/mol. The SMILES string of the molecule is CC1CCCC(N(C)C(CN)c2cccnc2)C1. The van der Waals surface area contributed by atoms with Gasteiger partial charge >= 0.3 is 0 Å². The van der Waals surface area contributed by atoms with Crippen LogP contribution in [0.5, 0.6) is 0 Å². The van der Waals surface area contributed by atoms with Crippen LogP contribution in [0.4, 0.5) is 0 Å². The highest BCUT2D eigenvalue weighted by Crippen LogP contribution is 2.30. The smallest absolute Gasteiger partial charge is 0.0485 e. The molecule has 0 aliphatic heterocycles. The molecular weight excluding hydrogens is 222 g/mol. The molecule has 2 N–H and O–H groups in total. The van der Waals surface area contributed by atoms with Crippen LogP contribution in [0, 0.1) is 5.92 Å². The molecule has 18 heavy (non-hydrogen) atoms. The third kappa shape index (κ3) is 3.09. The molecule has 1 saturated carbocycles. The quantitative estimate of drug-likeness (QED) is 0.889. The van der Waals surface area contributed by atoms with E-state index in [1.807, 2.05) is 18.5 Å². The molecule has 3 unspecified atom stereocenters. The molecule has 0 aromatic carbocycles. The Bertz CT molecular complexity index is 352. The molecule has 0 spiro atoms. The predicted octanol–water partition coefficient (Wildman–Crippen LogP) is 2.59. The van der Waals surface area contributed by atoms with Crippen LogP contribution in [0.1, 0.15) is 44.2 Å². The van der Waals surface area contributed by atoms with Gasteiger partial charge in [-0.1, -0.05) is 25.8 Å². The van der Waals surface area contributed by atoms with E-state index in [4.69, 9.17) is 5.73 Å². The Hall–Kier alpha value is -0.930. The van der Waals surface area contributed by atoms with Crippen LogP contribution in [0.25, 0.3) is 0 Å². The van der Waals surface area contributed by atoms with Gasteiger partial charge in [-0.2, -0.15) is 0 Å². The van der Waals surface area contributed by atoms with Gasteiger partial charge in [0.2, 0.25) is 0 Å². The van der Waals surface area contributed by atoms with Crippen molar-refractivity contribution in [2.24, 2.45) is 11.7 Å². The van der Waals surface area contributed by atoms with Crippen molar-refractivity contribution >= 4 is 0 Å². The molecule has 0 amide bonds. The van der Waals surface area contributed by atoms with E-state index in [1.54, 1.807) is 0 Å². The van der Waals surface area contributed by atoms with Gasteiger partial charge in [0.1, 0.15) is 0 Å². The van der Waals surface area contributed by atoms with Crippen LogP contribution in [0.2, 0.25) is 0 Å². The lowest BCUT2D eigenvalue weighted by Gasteiger charge is -2.38. The Labute approximate surface area is 110 Å². The van der Waals surface area contributed by atoms with Crippen molar-refractivity contribution in [1.82, 2.24) is 9.88 Å². The zero-order valence-electron chi connectivity index (χ0n) is 11.5. The van der Waals surface area contributed by atoms with Gasteiger partial charge in [-0.05, 0) is 37.4 Å². The minimum Gasteiger partial charge on any atom is -0.329 e. The van der Waals surface area contributed by atoms with Crippen LogP contribution in [0.15, 0.2) is 24.5 Å². The number of nitrogens with two attached hydrogens (primary N) is 1. The molecule has 0 bridgehead atoms. The van der Waals surface area contributed by atoms with Gasteiger partial charge in [0, 0.05) is 31.0 Å². The fourth-order valence-corrected chi connectivity index (χ4v) is 3.14. The van der Waals surface area contributed by atoms with Crippen LogP contribution in [-0.2, 0) is 0 Å². The van der Waals surface area contributed by atoms with Gasteiger partial charge in [-0.3, -0.25) is 9.88 Å². The van der Waals surface area contributed by atoms with Crippen LogP contribution < -0.4 is 5.73 Å². The first-order valence-electron chi connectivity index (χ1n) is 7.04. The molecule has 1 aromatic heterocycles. The van der Waals surface area contributed by atoms with Crippen molar-refractivity contribution in [3.8, 4) is 0 Å².